The second kappa shape index (κ2) is 5.23. The van der Waals surface area contributed by atoms with Crippen molar-refractivity contribution in [1.82, 2.24) is 5.32 Å². The lowest BCUT2D eigenvalue weighted by atomic mass is 9.95. The Morgan fingerprint density at radius 1 is 1.37 bits per heavy atom. The van der Waals surface area contributed by atoms with E-state index in [0.717, 1.165) is 12.3 Å². The van der Waals surface area contributed by atoms with E-state index >= 15 is 0 Å². The van der Waals surface area contributed by atoms with E-state index in [-0.39, 0.29) is 6.10 Å². The fourth-order valence-electron chi connectivity index (χ4n) is 2.94. The zero-order valence-electron chi connectivity index (χ0n) is 11.5. The predicted molar refractivity (Wildman–Crippen MR) is 74.9 cm³/mol. The molecule has 1 heterocycles. The van der Waals surface area contributed by atoms with Gasteiger partial charge in [0.15, 0.2) is 0 Å². The third-order valence-electron chi connectivity index (χ3n) is 4.54. The van der Waals surface area contributed by atoms with E-state index < -0.39 is 5.60 Å². The Morgan fingerprint density at radius 2 is 2.11 bits per heavy atom. The first kappa shape index (κ1) is 13.1. The molecular formula is C16H23NO2. The van der Waals surface area contributed by atoms with Gasteiger partial charge in [-0.1, -0.05) is 30.3 Å². The Morgan fingerprint density at radius 3 is 2.68 bits per heavy atom. The normalized spacial score (nSPS) is 32.4. The first-order valence-electron chi connectivity index (χ1n) is 7.31. The van der Waals surface area contributed by atoms with Crippen molar-refractivity contribution in [2.75, 3.05) is 13.2 Å². The average molecular weight is 261 g/mol. The summed E-state index contributed by atoms with van der Waals surface area (Å²) in [4.78, 5) is 0. The van der Waals surface area contributed by atoms with Gasteiger partial charge < -0.3 is 15.2 Å². The van der Waals surface area contributed by atoms with Crippen LogP contribution in [0.15, 0.2) is 30.3 Å². The number of ether oxygens (including phenoxy) is 1. The van der Waals surface area contributed by atoms with Gasteiger partial charge in [-0.25, -0.2) is 0 Å². The van der Waals surface area contributed by atoms with Gasteiger partial charge in [0.2, 0.25) is 0 Å². The van der Waals surface area contributed by atoms with Crippen LogP contribution in [0.4, 0.5) is 0 Å². The number of nitrogens with one attached hydrogen (secondary N) is 1. The molecule has 3 unspecified atom stereocenters. The number of hydrogen-bond donors (Lipinski definition) is 2. The van der Waals surface area contributed by atoms with Gasteiger partial charge in [-0.15, -0.1) is 0 Å². The van der Waals surface area contributed by atoms with Crippen molar-refractivity contribution in [2.24, 2.45) is 5.92 Å². The van der Waals surface area contributed by atoms with E-state index in [4.69, 9.17) is 4.74 Å². The Balaban J connectivity index is 1.66. The monoisotopic (exact) mass is 261 g/mol. The molecular weight excluding hydrogens is 238 g/mol. The Kier molecular flexibility index (Phi) is 3.61. The zero-order valence-corrected chi connectivity index (χ0v) is 11.5. The second-order valence-electron chi connectivity index (χ2n) is 5.97. The van der Waals surface area contributed by atoms with Crippen LogP contribution in [-0.2, 0) is 4.74 Å². The summed E-state index contributed by atoms with van der Waals surface area (Å²) in [6.45, 7) is 3.24. The van der Waals surface area contributed by atoms with E-state index in [1.54, 1.807) is 0 Å². The van der Waals surface area contributed by atoms with Crippen LogP contribution in [-0.4, -0.2) is 30.0 Å². The topological polar surface area (TPSA) is 41.5 Å². The van der Waals surface area contributed by atoms with Crippen LogP contribution in [0.5, 0.6) is 0 Å². The lowest BCUT2D eigenvalue weighted by Crippen LogP contribution is -2.47. The van der Waals surface area contributed by atoms with Crippen molar-refractivity contribution in [1.29, 1.82) is 0 Å². The molecule has 0 amide bonds. The molecule has 19 heavy (non-hydrogen) atoms. The predicted octanol–water partition coefficient (Wildman–Crippen LogP) is 2.27. The van der Waals surface area contributed by atoms with Gasteiger partial charge in [0.05, 0.1) is 6.10 Å². The maximum atomic E-state index is 10.6. The molecule has 3 rings (SSSR count). The van der Waals surface area contributed by atoms with Crippen LogP contribution in [0.2, 0.25) is 0 Å². The van der Waals surface area contributed by atoms with Gasteiger partial charge in [-0.05, 0) is 31.2 Å². The molecule has 3 nitrogen and oxygen atoms in total. The first-order valence-corrected chi connectivity index (χ1v) is 7.31. The second-order valence-corrected chi connectivity index (χ2v) is 5.97. The van der Waals surface area contributed by atoms with E-state index in [9.17, 15) is 5.11 Å². The largest absolute Gasteiger partial charge is 0.386 e. The third-order valence-corrected chi connectivity index (χ3v) is 4.54. The third kappa shape index (κ3) is 2.83. The number of aliphatic hydroxyl groups is 1. The van der Waals surface area contributed by atoms with Crippen LogP contribution in [0.3, 0.4) is 0 Å². The van der Waals surface area contributed by atoms with Crippen LogP contribution in [0, 0.1) is 5.92 Å². The summed E-state index contributed by atoms with van der Waals surface area (Å²) >= 11 is 0. The minimum absolute atomic E-state index is 0.0735. The molecule has 0 aromatic heterocycles. The molecule has 0 radical (unpaired) electrons. The fourth-order valence-corrected chi connectivity index (χ4v) is 2.94. The van der Waals surface area contributed by atoms with E-state index in [0.29, 0.717) is 19.2 Å². The first-order chi connectivity index (χ1) is 9.19. The molecule has 0 bridgehead atoms. The molecule has 1 aromatic rings. The maximum absolute atomic E-state index is 10.6. The molecule has 1 aliphatic heterocycles. The summed E-state index contributed by atoms with van der Waals surface area (Å²) in [5.74, 6) is 0.726. The number of rotatable bonds is 5. The van der Waals surface area contributed by atoms with Gasteiger partial charge in [-0.2, -0.15) is 0 Å². The molecule has 104 valence electrons. The van der Waals surface area contributed by atoms with E-state index in [2.05, 4.69) is 29.6 Å². The summed E-state index contributed by atoms with van der Waals surface area (Å²) in [7, 11) is 0. The lowest BCUT2D eigenvalue weighted by Gasteiger charge is -2.29. The highest BCUT2D eigenvalue weighted by atomic mass is 16.5. The average Bonchev–Trinajstić information content (AvgIpc) is 3.19. The number of hydrogen-bond acceptors (Lipinski definition) is 3. The molecule has 1 saturated carbocycles. The van der Waals surface area contributed by atoms with Crippen molar-refractivity contribution in [3.8, 4) is 0 Å². The van der Waals surface area contributed by atoms with Crippen molar-refractivity contribution < 1.29 is 9.84 Å². The molecule has 3 heteroatoms. The van der Waals surface area contributed by atoms with Crippen LogP contribution < -0.4 is 5.32 Å². The van der Waals surface area contributed by atoms with Gasteiger partial charge >= 0.3 is 0 Å². The lowest BCUT2D eigenvalue weighted by molar-refractivity contribution is -0.0281. The number of benzene rings is 1. The molecule has 1 saturated heterocycles. The summed E-state index contributed by atoms with van der Waals surface area (Å²) in [5, 5.41) is 14.2. The molecule has 0 spiro atoms. The van der Waals surface area contributed by atoms with Crippen LogP contribution in [0.25, 0.3) is 0 Å². The quantitative estimate of drug-likeness (QED) is 0.854. The van der Waals surface area contributed by atoms with E-state index in [1.165, 1.54) is 18.4 Å². The Hall–Kier alpha value is -0.900. The minimum atomic E-state index is -0.706. The molecule has 3 atom stereocenters. The fraction of sp³-hybridized carbons (Fsp3) is 0.625. The van der Waals surface area contributed by atoms with Crippen molar-refractivity contribution in [3.05, 3.63) is 35.9 Å². The molecule has 2 aliphatic rings. The van der Waals surface area contributed by atoms with Gasteiger partial charge in [0.25, 0.3) is 0 Å². The molecule has 2 fully saturated rings. The van der Waals surface area contributed by atoms with Crippen molar-refractivity contribution in [2.45, 2.75) is 43.9 Å². The summed E-state index contributed by atoms with van der Waals surface area (Å²) < 4.78 is 5.49. The highest BCUT2D eigenvalue weighted by Crippen LogP contribution is 2.41. The highest BCUT2D eigenvalue weighted by molar-refractivity contribution is 5.21. The Bertz CT molecular complexity index is 418. The Labute approximate surface area is 115 Å². The summed E-state index contributed by atoms with van der Waals surface area (Å²) in [5.41, 5.74) is 0.627. The summed E-state index contributed by atoms with van der Waals surface area (Å²) in [6, 6.07) is 10.9. The van der Waals surface area contributed by atoms with Crippen molar-refractivity contribution >= 4 is 0 Å². The maximum Gasteiger partial charge on any atom is 0.105 e. The van der Waals surface area contributed by atoms with E-state index in [1.807, 2.05) is 13.0 Å². The van der Waals surface area contributed by atoms with Crippen molar-refractivity contribution in [3.63, 3.8) is 0 Å². The minimum Gasteiger partial charge on any atom is -0.386 e. The smallest absolute Gasteiger partial charge is 0.105 e. The van der Waals surface area contributed by atoms with Gasteiger partial charge in [0.1, 0.15) is 5.60 Å². The van der Waals surface area contributed by atoms with Gasteiger partial charge in [0, 0.05) is 25.6 Å². The standard InChI is InChI=1S/C16H23NO2/c1-12-16(18,9-10-19-12)11-17-15(14-7-8-14)13-5-3-2-4-6-13/h2-6,12,14-15,17-18H,7-11H2,1H3. The van der Waals surface area contributed by atoms with Gasteiger partial charge in [-0.3, -0.25) is 0 Å². The molecule has 1 aromatic carbocycles. The SMILES string of the molecule is CC1OCCC1(O)CNC(c1ccccc1)C1CC1. The molecule has 2 N–H and O–H groups in total. The van der Waals surface area contributed by atoms with Crippen LogP contribution >= 0.6 is 0 Å². The zero-order chi connectivity index (χ0) is 13.3. The van der Waals surface area contributed by atoms with Crippen LogP contribution in [0.1, 0.15) is 37.8 Å². The summed E-state index contributed by atoms with van der Waals surface area (Å²) in [6.07, 6.45) is 3.23. The highest BCUT2D eigenvalue weighted by Gasteiger charge is 2.41. The molecule has 1 aliphatic carbocycles.